The van der Waals surface area contributed by atoms with E-state index in [9.17, 15) is 26.7 Å². The number of halogens is 5. The molecule has 3 rings (SSSR count). The summed E-state index contributed by atoms with van der Waals surface area (Å²) in [6.45, 7) is 4.00. The van der Waals surface area contributed by atoms with Gasteiger partial charge in [0.05, 0.1) is 12.1 Å². The van der Waals surface area contributed by atoms with Crippen molar-refractivity contribution in [1.29, 1.82) is 0 Å². The van der Waals surface area contributed by atoms with Crippen molar-refractivity contribution in [3.05, 3.63) is 60.4 Å². The fourth-order valence-corrected chi connectivity index (χ4v) is 2.37. The minimum absolute atomic E-state index is 0.101. The molecule has 1 aromatic heterocycles. The molecular formula is C20H19F5N4O2. The summed E-state index contributed by atoms with van der Waals surface area (Å²) in [6.07, 6.45) is -9.66. The summed E-state index contributed by atoms with van der Waals surface area (Å²) >= 11 is 0. The van der Waals surface area contributed by atoms with Gasteiger partial charge in [-0.15, -0.1) is 5.10 Å². The van der Waals surface area contributed by atoms with E-state index in [4.69, 9.17) is 5.73 Å². The van der Waals surface area contributed by atoms with E-state index in [1.54, 1.807) is 24.3 Å². The maximum absolute atomic E-state index is 12.9. The number of ether oxygens (including phenoxy) is 1. The molecule has 2 aromatic carbocycles. The third kappa shape index (κ3) is 6.00. The number of primary amides is 1. The lowest BCUT2D eigenvalue weighted by molar-refractivity contribution is -0.360. The van der Waals surface area contributed by atoms with Gasteiger partial charge in [0.2, 0.25) is 5.91 Å². The molecule has 0 fully saturated rings. The van der Waals surface area contributed by atoms with Crippen molar-refractivity contribution in [3.8, 4) is 22.8 Å². The number of hydrogen-bond acceptors (Lipinski definition) is 4. The lowest BCUT2D eigenvalue weighted by Gasteiger charge is -2.20. The van der Waals surface area contributed by atoms with E-state index in [1.165, 1.54) is 23.1 Å². The molecule has 0 radical (unpaired) electrons. The number of amides is 1. The van der Waals surface area contributed by atoms with E-state index in [0.717, 1.165) is 17.7 Å². The van der Waals surface area contributed by atoms with Crippen LogP contribution in [0.15, 0.2) is 54.9 Å². The van der Waals surface area contributed by atoms with Gasteiger partial charge in [0, 0.05) is 5.56 Å². The maximum Gasteiger partial charge on any atom is 0.499 e. The van der Waals surface area contributed by atoms with Gasteiger partial charge >= 0.3 is 12.3 Å². The zero-order chi connectivity index (χ0) is 23.2. The Bertz CT molecular complexity index is 1000. The molecular weight excluding hydrogens is 423 g/mol. The second kappa shape index (κ2) is 9.54. The molecule has 0 atom stereocenters. The van der Waals surface area contributed by atoms with Crippen LogP contribution in [0, 0.1) is 0 Å². The average Bonchev–Trinajstić information content (AvgIpc) is 3.19. The Labute approximate surface area is 174 Å². The Kier molecular flexibility index (Phi) is 7.32. The van der Waals surface area contributed by atoms with Gasteiger partial charge < -0.3 is 10.5 Å². The third-order valence-corrected chi connectivity index (χ3v) is 3.76. The molecule has 0 aliphatic carbocycles. The van der Waals surface area contributed by atoms with Crippen LogP contribution in [-0.2, 0) is 11.2 Å². The Morgan fingerprint density at radius 3 is 2.10 bits per heavy atom. The molecule has 0 saturated heterocycles. The van der Waals surface area contributed by atoms with Crippen molar-refractivity contribution in [1.82, 2.24) is 14.8 Å². The van der Waals surface area contributed by atoms with E-state index in [-0.39, 0.29) is 6.42 Å². The zero-order valence-corrected chi connectivity index (χ0v) is 16.5. The number of benzene rings is 2. The van der Waals surface area contributed by atoms with E-state index in [2.05, 4.69) is 14.8 Å². The zero-order valence-electron chi connectivity index (χ0n) is 16.5. The number of nitrogens with two attached hydrogens (primary N) is 1. The van der Waals surface area contributed by atoms with E-state index >= 15 is 0 Å². The van der Waals surface area contributed by atoms with Crippen molar-refractivity contribution in [2.75, 3.05) is 0 Å². The number of alkyl halides is 5. The Balaban J connectivity index is 0.00000166. The molecule has 11 heteroatoms. The second-order valence-electron chi connectivity index (χ2n) is 5.96. The summed E-state index contributed by atoms with van der Waals surface area (Å²) in [5.41, 5.74) is 6.89. The van der Waals surface area contributed by atoms with Gasteiger partial charge in [-0.05, 0) is 29.8 Å². The summed E-state index contributed by atoms with van der Waals surface area (Å²) in [5, 5.41) is 4.23. The Hall–Kier alpha value is -3.50. The maximum atomic E-state index is 12.9. The molecule has 2 N–H and O–H groups in total. The summed E-state index contributed by atoms with van der Waals surface area (Å²) in [5.74, 6) is -0.762. The number of nitrogens with zero attached hydrogens (tertiary/aromatic N) is 3. The molecule has 31 heavy (non-hydrogen) atoms. The first-order chi connectivity index (χ1) is 14.5. The minimum Gasteiger partial charge on any atom is -0.426 e. The highest BCUT2D eigenvalue weighted by Crippen LogP contribution is 2.37. The summed E-state index contributed by atoms with van der Waals surface area (Å²) in [4.78, 5) is 15.0. The second-order valence-corrected chi connectivity index (χ2v) is 5.96. The first kappa shape index (κ1) is 23.8. The molecule has 0 spiro atoms. The normalized spacial score (nSPS) is 11.5. The molecule has 0 aliphatic heterocycles. The number of carbonyl (C=O) groups excluding carboxylic acids is 1. The molecule has 0 unspecified atom stereocenters. The van der Waals surface area contributed by atoms with Crippen LogP contribution in [0.3, 0.4) is 0 Å². The number of hydrogen-bond donors (Lipinski definition) is 1. The average molecular weight is 442 g/mol. The van der Waals surface area contributed by atoms with Crippen molar-refractivity contribution in [2.45, 2.75) is 32.6 Å². The summed E-state index contributed by atoms with van der Waals surface area (Å²) < 4.78 is 67.5. The predicted molar refractivity (Wildman–Crippen MR) is 103 cm³/mol. The first-order valence-electron chi connectivity index (χ1n) is 9.08. The molecule has 1 amide bonds. The SMILES string of the molecule is CC.NC(=O)Cc1ccc(-c2ncn(-c3ccc(OC(F)(F)C(F)(F)F)cc3)n2)cc1. The van der Waals surface area contributed by atoms with Crippen molar-refractivity contribution < 1.29 is 31.5 Å². The largest absolute Gasteiger partial charge is 0.499 e. The van der Waals surface area contributed by atoms with Gasteiger partial charge in [0.1, 0.15) is 12.1 Å². The quantitative estimate of drug-likeness (QED) is 0.569. The van der Waals surface area contributed by atoms with Crippen LogP contribution < -0.4 is 10.5 Å². The van der Waals surface area contributed by atoms with Crippen molar-refractivity contribution in [2.24, 2.45) is 5.73 Å². The van der Waals surface area contributed by atoms with Crippen LogP contribution in [0.2, 0.25) is 0 Å². The fraction of sp³-hybridized carbons (Fsp3) is 0.250. The topological polar surface area (TPSA) is 83.0 Å². The van der Waals surface area contributed by atoms with Crippen LogP contribution in [-0.4, -0.2) is 33.0 Å². The van der Waals surface area contributed by atoms with Gasteiger partial charge in [-0.1, -0.05) is 38.1 Å². The molecule has 0 bridgehead atoms. The van der Waals surface area contributed by atoms with E-state index in [0.29, 0.717) is 17.1 Å². The molecule has 166 valence electrons. The first-order valence-corrected chi connectivity index (χ1v) is 9.08. The smallest absolute Gasteiger partial charge is 0.426 e. The van der Waals surface area contributed by atoms with Crippen LogP contribution in [0.1, 0.15) is 19.4 Å². The van der Waals surface area contributed by atoms with Gasteiger partial charge in [-0.25, -0.2) is 9.67 Å². The van der Waals surface area contributed by atoms with Gasteiger partial charge in [-0.2, -0.15) is 22.0 Å². The number of carbonyl (C=O) groups is 1. The standard InChI is InChI=1S/C18H13F5N4O2.C2H6/c19-17(20,21)18(22,23)29-14-7-5-13(6-8-14)27-10-25-16(26-27)12-3-1-11(2-4-12)9-15(24)28;1-2/h1-8,10H,9H2,(H2,24,28);1-2H3. The number of rotatable bonds is 6. The fourth-order valence-electron chi connectivity index (χ4n) is 2.37. The van der Waals surface area contributed by atoms with Gasteiger partial charge in [0.15, 0.2) is 5.82 Å². The van der Waals surface area contributed by atoms with Gasteiger partial charge in [0.25, 0.3) is 0 Å². The van der Waals surface area contributed by atoms with E-state index in [1.807, 2.05) is 13.8 Å². The molecule has 0 aliphatic rings. The van der Waals surface area contributed by atoms with Crippen LogP contribution in [0.4, 0.5) is 22.0 Å². The molecule has 3 aromatic rings. The molecule has 6 nitrogen and oxygen atoms in total. The highest BCUT2D eigenvalue weighted by Gasteiger charge is 2.61. The monoisotopic (exact) mass is 442 g/mol. The highest BCUT2D eigenvalue weighted by atomic mass is 19.4. The van der Waals surface area contributed by atoms with Crippen molar-refractivity contribution >= 4 is 5.91 Å². The Morgan fingerprint density at radius 2 is 1.58 bits per heavy atom. The Morgan fingerprint density at radius 1 is 1.00 bits per heavy atom. The highest BCUT2D eigenvalue weighted by molar-refractivity contribution is 5.76. The molecule has 0 saturated carbocycles. The van der Waals surface area contributed by atoms with Crippen LogP contribution >= 0.6 is 0 Å². The number of aromatic nitrogens is 3. The lowest BCUT2D eigenvalue weighted by atomic mass is 10.1. The predicted octanol–water partition coefficient (Wildman–Crippen LogP) is 4.52. The summed E-state index contributed by atoms with van der Waals surface area (Å²) in [7, 11) is 0. The third-order valence-electron chi connectivity index (χ3n) is 3.76. The van der Waals surface area contributed by atoms with Crippen LogP contribution in [0.25, 0.3) is 17.1 Å². The minimum atomic E-state index is -5.82. The van der Waals surface area contributed by atoms with Gasteiger partial charge in [-0.3, -0.25) is 4.79 Å². The van der Waals surface area contributed by atoms with E-state index < -0.39 is 23.9 Å². The molecule has 1 heterocycles. The van der Waals surface area contributed by atoms with Crippen molar-refractivity contribution in [3.63, 3.8) is 0 Å². The lowest BCUT2D eigenvalue weighted by Crippen LogP contribution is -2.41. The summed E-state index contributed by atoms with van der Waals surface area (Å²) in [6, 6.07) is 11.3. The van der Waals surface area contributed by atoms with Crippen LogP contribution in [0.5, 0.6) is 5.75 Å².